The van der Waals surface area contributed by atoms with Crippen molar-refractivity contribution in [1.82, 2.24) is 15.1 Å². The molecule has 8 rings (SSSR count). The molecule has 3 saturated carbocycles. The van der Waals surface area contributed by atoms with Gasteiger partial charge in [-0.2, -0.15) is 0 Å². The summed E-state index contributed by atoms with van der Waals surface area (Å²) in [5.74, 6) is 2.53. The Balaban J connectivity index is 0.910. The standard InChI is InChI=1S/C37H45N5O3/c38-35-33(18-32(39-40-35)30-3-1-2-4-34(30)43)42-21-23-17-31-27(22-42)20-37(31,19-23)28-9-5-24(6-10-28)25-13-15-41(16-14-25)29-11-7-26(8-12-29)36(44)45/h1-6,9-10,18,23,25-27,29,31,43H,7-8,11-17,19-22H2,(H2,38,40)(H,44,45). The molecule has 8 heteroatoms. The average Bonchev–Trinajstić information content (AvgIpc) is 3.25. The van der Waals surface area contributed by atoms with E-state index in [9.17, 15) is 15.0 Å². The SMILES string of the molecule is Nc1nnc(-c2ccccc2O)cc1N1CC2CC3C(C1)CC3(c1ccc(C3CCN(C4CCC(C(=O)O)CC4)CC3)cc1)C2. The number of benzene rings is 2. The third kappa shape index (κ3) is 5.05. The molecule has 3 heterocycles. The van der Waals surface area contributed by atoms with E-state index in [1.807, 2.05) is 24.3 Å². The van der Waals surface area contributed by atoms with Crippen LogP contribution < -0.4 is 10.6 Å². The highest BCUT2D eigenvalue weighted by Crippen LogP contribution is 2.65. The highest BCUT2D eigenvalue weighted by molar-refractivity contribution is 5.74. The predicted molar refractivity (Wildman–Crippen MR) is 175 cm³/mol. The Kier molecular flexibility index (Phi) is 7.23. The number of para-hydroxylation sites is 1. The van der Waals surface area contributed by atoms with Gasteiger partial charge in [0, 0.05) is 24.7 Å². The van der Waals surface area contributed by atoms with Crippen molar-refractivity contribution in [3.8, 4) is 17.0 Å². The van der Waals surface area contributed by atoms with Gasteiger partial charge in [-0.15, -0.1) is 10.2 Å². The van der Waals surface area contributed by atoms with E-state index in [2.05, 4.69) is 44.3 Å². The van der Waals surface area contributed by atoms with Crippen molar-refractivity contribution in [2.45, 2.75) is 75.2 Å². The third-order valence-corrected chi connectivity index (χ3v) is 12.4. The Morgan fingerprint density at radius 1 is 0.911 bits per heavy atom. The van der Waals surface area contributed by atoms with Crippen molar-refractivity contribution < 1.29 is 15.0 Å². The number of phenols is 1. The van der Waals surface area contributed by atoms with Gasteiger partial charge >= 0.3 is 5.97 Å². The first-order valence-electron chi connectivity index (χ1n) is 17.1. The second-order valence-corrected chi connectivity index (χ2v) is 14.7. The number of aromatic hydroxyl groups is 1. The summed E-state index contributed by atoms with van der Waals surface area (Å²) in [5.41, 5.74) is 12.0. The quantitative estimate of drug-likeness (QED) is 0.310. The second-order valence-electron chi connectivity index (χ2n) is 14.7. The van der Waals surface area contributed by atoms with Gasteiger partial charge < -0.3 is 25.7 Å². The molecular formula is C37H45N5O3. The Morgan fingerprint density at radius 2 is 1.67 bits per heavy atom. The van der Waals surface area contributed by atoms with Gasteiger partial charge in [-0.3, -0.25) is 4.79 Å². The Morgan fingerprint density at radius 3 is 2.40 bits per heavy atom. The minimum Gasteiger partial charge on any atom is -0.507 e. The van der Waals surface area contributed by atoms with Crippen molar-refractivity contribution in [1.29, 1.82) is 0 Å². The molecular weight excluding hydrogens is 562 g/mol. The number of rotatable bonds is 6. The maximum absolute atomic E-state index is 11.3. The fraction of sp³-hybridized carbons (Fsp3) is 0.541. The molecule has 4 N–H and O–H groups in total. The summed E-state index contributed by atoms with van der Waals surface area (Å²) in [6.45, 7) is 4.24. The topological polar surface area (TPSA) is 116 Å². The molecule has 236 valence electrons. The molecule has 2 bridgehead atoms. The van der Waals surface area contributed by atoms with Crippen LogP contribution in [0.1, 0.15) is 74.8 Å². The van der Waals surface area contributed by atoms with Gasteiger partial charge in [0.2, 0.25) is 0 Å². The molecule has 3 aliphatic carbocycles. The van der Waals surface area contributed by atoms with Gasteiger partial charge in [-0.25, -0.2) is 0 Å². The number of fused-ring (bicyclic) bond motifs is 1. The highest BCUT2D eigenvalue weighted by atomic mass is 16.4. The summed E-state index contributed by atoms with van der Waals surface area (Å²) >= 11 is 0. The average molecular weight is 608 g/mol. The predicted octanol–water partition coefficient (Wildman–Crippen LogP) is 6.06. The van der Waals surface area contributed by atoms with Crippen LogP contribution in [0.2, 0.25) is 0 Å². The number of carboxylic acid groups (broad SMARTS) is 1. The molecule has 0 amide bonds. The lowest BCUT2D eigenvalue weighted by molar-refractivity contribution is -0.143. The molecule has 5 aliphatic rings. The van der Waals surface area contributed by atoms with E-state index in [0.29, 0.717) is 52.2 Å². The fourth-order valence-corrected chi connectivity index (χ4v) is 10.1. The summed E-state index contributed by atoms with van der Waals surface area (Å²) in [6.07, 6.45) is 9.87. The van der Waals surface area contributed by atoms with Gasteiger partial charge in [-0.05, 0) is 129 Å². The van der Waals surface area contributed by atoms with Crippen LogP contribution in [0.5, 0.6) is 5.75 Å². The first kappa shape index (κ1) is 28.8. The zero-order chi connectivity index (χ0) is 30.7. The first-order valence-corrected chi connectivity index (χ1v) is 17.1. The molecule has 0 radical (unpaired) electrons. The Bertz CT molecular complexity index is 1560. The molecule has 4 atom stereocenters. The summed E-state index contributed by atoms with van der Waals surface area (Å²) in [7, 11) is 0. The highest BCUT2D eigenvalue weighted by Gasteiger charge is 2.61. The van der Waals surface area contributed by atoms with E-state index in [1.54, 1.807) is 11.6 Å². The van der Waals surface area contributed by atoms with Crippen LogP contribution in [-0.4, -0.2) is 63.5 Å². The van der Waals surface area contributed by atoms with E-state index in [0.717, 1.165) is 57.5 Å². The van der Waals surface area contributed by atoms with Crippen molar-refractivity contribution >= 4 is 17.5 Å². The molecule has 8 nitrogen and oxygen atoms in total. The number of likely N-dealkylation sites (tertiary alicyclic amines) is 1. The van der Waals surface area contributed by atoms with Crippen LogP contribution in [0.4, 0.5) is 11.5 Å². The number of nitrogens with two attached hydrogens (primary N) is 1. The number of aliphatic carboxylic acids is 1. The number of nitrogen functional groups attached to an aromatic ring is 1. The number of carbonyl (C=O) groups is 1. The number of nitrogens with zero attached hydrogens (tertiary/aromatic N) is 4. The molecule has 45 heavy (non-hydrogen) atoms. The molecule has 5 fully saturated rings. The second kappa shape index (κ2) is 11.3. The molecule has 4 unspecified atom stereocenters. The minimum atomic E-state index is -0.612. The molecule has 2 saturated heterocycles. The van der Waals surface area contributed by atoms with Crippen molar-refractivity contribution in [2.75, 3.05) is 36.8 Å². The maximum Gasteiger partial charge on any atom is 0.306 e. The number of aromatic nitrogens is 2. The van der Waals surface area contributed by atoms with Crippen LogP contribution in [-0.2, 0) is 10.2 Å². The van der Waals surface area contributed by atoms with Gasteiger partial charge in [-0.1, -0.05) is 36.4 Å². The molecule has 1 aromatic heterocycles. The summed E-state index contributed by atoms with van der Waals surface area (Å²) in [5, 5.41) is 28.3. The Hall–Kier alpha value is -3.65. The zero-order valence-corrected chi connectivity index (χ0v) is 26.0. The number of carboxylic acids is 1. The molecule has 2 aromatic carbocycles. The lowest BCUT2D eigenvalue weighted by atomic mass is 9.52. The van der Waals surface area contributed by atoms with E-state index < -0.39 is 5.97 Å². The first-order chi connectivity index (χ1) is 21.9. The van der Waals surface area contributed by atoms with Crippen molar-refractivity contribution in [3.63, 3.8) is 0 Å². The van der Waals surface area contributed by atoms with Gasteiger partial charge in [0.25, 0.3) is 0 Å². The van der Waals surface area contributed by atoms with Crippen molar-refractivity contribution in [2.24, 2.45) is 23.7 Å². The molecule has 0 spiro atoms. The smallest absolute Gasteiger partial charge is 0.306 e. The number of piperidine rings is 1. The minimum absolute atomic E-state index is 0.132. The van der Waals surface area contributed by atoms with Crippen molar-refractivity contribution in [3.05, 3.63) is 65.7 Å². The number of anilines is 2. The number of phenolic OH excluding ortho intramolecular Hbond substituents is 1. The van der Waals surface area contributed by atoms with Crippen LogP contribution in [0, 0.1) is 23.7 Å². The van der Waals surface area contributed by atoms with Crippen LogP contribution >= 0.6 is 0 Å². The normalized spacial score (nSPS) is 31.7. The molecule has 3 aromatic rings. The zero-order valence-electron chi connectivity index (χ0n) is 26.0. The van der Waals surface area contributed by atoms with E-state index >= 15 is 0 Å². The number of hydrogen-bond donors (Lipinski definition) is 3. The lowest BCUT2D eigenvalue weighted by Gasteiger charge is -2.54. The maximum atomic E-state index is 11.3. The van der Waals surface area contributed by atoms with Crippen LogP contribution in [0.3, 0.4) is 0 Å². The fourth-order valence-electron chi connectivity index (χ4n) is 10.1. The van der Waals surface area contributed by atoms with Crippen LogP contribution in [0.25, 0.3) is 11.3 Å². The monoisotopic (exact) mass is 607 g/mol. The van der Waals surface area contributed by atoms with E-state index in [1.165, 1.54) is 37.7 Å². The molecule has 2 aliphatic heterocycles. The lowest BCUT2D eigenvalue weighted by Crippen LogP contribution is -2.53. The third-order valence-electron chi connectivity index (χ3n) is 12.4. The number of hydrogen-bond acceptors (Lipinski definition) is 7. The van der Waals surface area contributed by atoms with Crippen LogP contribution in [0.15, 0.2) is 54.6 Å². The Labute approximate surface area is 265 Å². The van der Waals surface area contributed by atoms with E-state index in [-0.39, 0.29) is 11.7 Å². The summed E-state index contributed by atoms with van der Waals surface area (Å²) < 4.78 is 0. The van der Waals surface area contributed by atoms with E-state index in [4.69, 9.17) is 5.73 Å². The summed E-state index contributed by atoms with van der Waals surface area (Å²) in [4.78, 5) is 16.4. The van der Waals surface area contributed by atoms with Gasteiger partial charge in [0.1, 0.15) is 5.75 Å². The summed E-state index contributed by atoms with van der Waals surface area (Å²) in [6, 6.07) is 19.6. The van der Waals surface area contributed by atoms with Gasteiger partial charge in [0.15, 0.2) is 5.82 Å². The largest absolute Gasteiger partial charge is 0.507 e. The van der Waals surface area contributed by atoms with Gasteiger partial charge in [0.05, 0.1) is 17.3 Å².